The third kappa shape index (κ3) is 4.65. The van der Waals surface area contributed by atoms with Gasteiger partial charge < -0.3 is 14.4 Å². The number of halogens is 1. The molecule has 0 aromatic heterocycles. The third-order valence-electron chi connectivity index (χ3n) is 5.51. The van der Waals surface area contributed by atoms with Crippen LogP contribution in [0.2, 0.25) is 0 Å². The number of benzene rings is 2. The van der Waals surface area contributed by atoms with Gasteiger partial charge in [0, 0.05) is 21.6 Å². The first-order chi connectivity index (χ1) is 15.3. The number of ether oxygens (including phenoxy) is 2. The maximum Gasteiger partial charge on any atom is 0.336 e. The Morgan fingerprint density at radius 1 is 0.812 bits per heavy atom. The highest BCUT2D eigenvalue weighted by molar-refractivity contribution is 9.10. The SMILES string of the molecule is CCOC(=O)C1=C(C)N(c2ccc(C)cc2)C(C)=C(C(=O)OCC)C1c1ccc(Br)cc1. The molecule has 32 heavy (non-hydrogen) atoms. The smallest absolute Gasteiger partial charge is 0.336 e. The lowest BCUT2D eigenvalue weighted by Gasteiger charge is -2.38. The standard InChI is InChI=1S/C26H28BrNO4/c1-6-31-25(29)22-17(4)28(21-14-8-16(3)9-15-21)18(5)23(26(30)32-7-2)24(22)19-10-12-20(27)13-11-19/h8-15,24H,6-7H2,1-5H3. The van der Waals surface area contributed by atoms with Gasteiger partial charge in [-0.15, -0.1) is 0 Å². The highest BCUT2D eigenvalue weighted by Crippen LogP contribution is 2.44. The van der Waals surface area contributed by atoms with Gasteiger partial charge in [0.15, 0.2) is 0 Å². The number of hydrogen-bond acceptors (Lipinski definition) is 5. The van der Waals surface area contributed by atoms with Crippen LogP contribution in [0.1, 0.15) is 44.7 Å². The van der Waals surface area contributed by atoms with Crippen LogP contribution < -0.4 is 4.90 Å². The number of esters is 2. The third-order valence-corrected chi connectivity index (χ3v) is 6.04. The number of nitrogens with zero attached hydrogens (tertiary/aromatic N) is 1. The molecule has 2 aromatic rings. The van der Waals surface area contributed by atoms with Crippen LogP contribution in [0.3, 0.4) is 0 Å². The number of rotatable bonds is 6. The lowest BCUT2D eigenvalue weighted by molar-refractivity contribution is -0.139. The van der Waals surface area contributed by atoms with Crippen molar-refractivity contribution >= 4 is 33.6 Å². The van der Waals surface area contributed by atoms with E-state index in [1.807, 2.05) is 74.2 Å². The molecular formula is C26H28BrNO4. The van der Waals surface area contributed by atoms with Gasteiger partial charge in [0.2, 0.25) is 0 Å². The van der Waals surface area contributed by atoms with Gasteiger partial charge in [-0.05, 0) is 64.4 Å². The Kier molecular flexibility index (Phi) is 7.56. The van der Waals surface area contributed by atoms with Crippen molar-refractivity contribution in [3.05, 3.63) is 86.7 Å². The van der Waals surface area contributed by atoms with Gasteiger partial charge in [0.05, 0.1) is 30.3 Å². The maximum absolute atomic E-state index is 13.2. The minimum atomic E-state index is -0.595. The zero-order valence-corrected chi connectivity index (χ0v) is 20.7. The second kappa shape index (κ2) is 10.2. The molecule has 0 N–H and O–H groups in total. The normalized spacial score (nSPS) is 14.6. The second-order valence-electron chi connectivity index (χ2n) is 7.59. The van der Waals surface area contributed by atoms with Crippen LogP contribution >= 0.6 is 15.9 Å². The summed E-state index contributed by atoms with van der Waals surface area (Å²) >= 11 is 3.46. The quantitative estimate of drug-likeness (QED) is 0.455. The molecule has 5 nitrogen and oxygen atoms in total. The molecule has 1 aliphatic rings. The van der Waals surface area contributed by atoms with Crippen molar-refractivity contribution in [1.29, 1.82) is 0 Å². The molecule has 1 heterocycles. The number of carbonyl (C=O) groups is 2. The molecule has 0 saturated heterocycles. The minimum Gasteiger partial charge on any atom is -0.463 e. The van der Waals surface area contributed by atoms with Gasteiger partial charge in [-0.3, -0.25) is 0 Å². The molecule has 168 valence electrons. The zero-order chi connectivity index (χ0) is 23.4. The minimum absolute atomic E-state index is 0.241. The Labute approximate surface area is 197 Å². The zero-order valence-electron chi connectivity index (χ0n) is 19.1. The van der Waals surface area contributed by atoms with E-state index >= 15 is 0 Å². The summed E-state index contributed by atoms with van der Waals surface area (Å²) in [5.74, 6) is -1.48. The van der Waals surface area contributed by atoms with Crippen molar-refractivity contribution in [3.8, 4) is 0 Å². The van der Waals surface area contributed by atoms with Crippen LogP contribution in [0.5, 0.6) is 0 Å². The van der Waals surface area contributed by atoms with E-state index in [0.717, 1.165) is 32.7 Å². The molecular weight excluding hydrogens is 470 g/mol. The predicted octanol–water partition coefficient (Wildman–Crippen LogP) is 6.04. The lowest BCUT2D eigenvalue weighted by atomic mass is 9.79. The summed E-state index contributed by atoms with van der Waals surface area (Å²) < 4.78 is 11.8. The summed E-state index contributed by atoms with van der Waals surface area (Å²) in [6.07, 6.45) is 0. The number of anilines is 1. The highest BCUT2D eigenvalue weighted by atomic mass is 79.9. The predicted molar refractivity (Wildman–Crippen MR) is 129 cm³/mol. The molecule has 2 aromatic carbocycles. The van der Waals surface area contributed by atoms with E-state index in [9.17, 15) is 9.59 Å². The van der Waals surface area contributed by atoms with Crippen LogP contribution in [0.15, 0.2) is 75.5 Å². The average Bonchev–Trinajstić information content (AvgIpc) is 2.75. The van der Waals surface area contributed by atoms with Gasteiger partial charge in [-0.25, -0.2) is 9.59 Å². The van der Waals surface area contributed by atoms with Crippen molar-refractivity contribution in [1.82, 2.24) is 0 Å². The van der Waals surface area contributed by atoms with Gasteiger partial charge in [-0.2, -0.15) is 0 Å². The largest absolute Gasteiger partial charge is 0.463 e. The fourth-order valence-electron chi connectivity index (χ4n) is 4.07. The highest BCUT2D eigenvalue weighted by Gasteiger charge is 2.40. The summed E-state index contributed by atoms with van der Waals surface area (Å²) in [5, 5.41) is 0. The molecule has 0 bridgehead atoms. The molecule has 0 amide bonds. The van der Waals surface area contributed by atoms with E-state index in [4.69, 9.17) is 9.47 Å². The van der Waals surface area contributed by atoms with Gasteiger partial charge in [0.1, 0.15) is 0 Å². The van der Waals surface area contributed by atoms with E-state index < -0.39 is 17.9 Å². The Balaban J connectivity index is 2.30. The van der Waals surface area contributed by atoms with Crippen LogP contribution in [-0.4, -0.2) is 25.2 Å². The molecule has 0 radical (unpaired) electrons. The van der Waals surface area contributed by atoms with Crippen molar-refractivity contribution < 1.29 is 19.1 Å². The maximum atomic E-state index is 13.2. The summed E-state index contributed by atoms with van der Waals surface area (Å²) in [6, 6.07) is 15.6. The Morgan fingerprint density at radius 2 is 1.28 bits per heavy atom. The van der Waals surface area contributed by atoms with Gasteiger partial charge >= 0.3 is 11.9 Å². The van der Waals surface area contributed by atoms with E-state index in [-0.39, 0.29) is 13.2 Å². The van der Waals surface area contributed by atoms with Crippen LogP contribution in [0.4, 0.5) is 5.69 Å². The second-order valence-corrected chi connectivity index (χ2v) is 8.51. The van der Waals surface area contributed by atoms with Gasteiger partial charge in [0.25, 0.3) is 0 Å². The molecule has 1 aliphatic heterocycles. The van der Waals surface area contributed by atoms with Crippen molar-refractivity contribution in [2.24, 2.45) is 0 Å². The first kappa shape index (κ1) is 23.8. The Morgan fingerprint density at radius 3 is 1.72 bits per heavy atom. The molecule has 3 rings (SSSR count). The Hall–Kier alpha value is -2.86. The van der Waals surface area contributed by atoms with Crippen LogP contribution in [-0.2, 0) is 19.1 Å². The molecule has 0 atom stereocenters. The lowest BCUT2D eigenvalue weighted by Crippen LogP contribution is -2.35. The van der Waals surface area contributed by atoms with Crippen molar-refractivity contribution in [2.75, 3.05) is 18.1 Å². The molecule has 6 heteroatoms. The monoisotopic (exact) mass is 497 g/mol. The summed E-state index contributed by atoms with van der Waals surface area (Å²) in [6.45, 7) is 9.83. The topological polar surface area (TPSA) is 55.8 Å². The number of carbonyl (C=O) groups excluding carboxylic acids is 2. The van der Waals surface area contributed by atoms with E-state index in [1.165, 1.54) is 0 Å². The summed E-state index contributed by atoms with van der Waals surface area (Å²) in [5.41, 5.74) is 5.13. The first-order valence-electron chi connectivity index (χ1n) is 10.7. The summed E-state index contributed by atoms with van der Waals surface area (Å²) in [7, 11) is 0. The van der Waals surface area contributed by atoms with Crippen molar-refractivity contribution in [3.63, 3.8) is 0 Å². The summed E-state index contributed by atoms with van der Waals surface area (Å²) in [4.78, 5) is 28.4. The van der Waals surface area contributed by atoms with Crippen LogP contribution in [0.25, 0.3) is 0 Å². The van der Waals surface area contributed by atoms with Crippen molar-refractivity contribution in [2.45, 2.75) is 40.5 Å². The molecule has 0 saturated carbocycles. The van der Waals surface area contributed by atoms with E-state index in [0.29, 0.717) is 11.1 Å². The number of allylic oxidation sites excluding steroid dienone is 2. The molecule has 0 spiro atoms. The molecule has 0 unspecified atom stereocenters. The fraction of sp³-hybridized carbons (Fsp3) is 0.308. The average molecular weight is 498 g/mol. The van der Waals surface area contributed by atoms with E-state index in [2.05, 4.69) is 15.9 Å². The molecule has 0 aliphatic carbocycles. The molecule has 0 fully saturated rings. The van der Waals surface area contributed by atoms with Gasteiger partial charge in [-0.1, -0.05) is 45.8 Å². The number of hydrogen-bond donors (Lipinski definition) is 0. The fourth-order valence-corrected chi connectivity index (χ4v) is 4.34. The van der Waals surface area contributed by atoms with Crippen LogP contribution in [0, 0.1) is 6.92 Å². The van der Waals surface area contributed by atoms with E-state index in [1.54, 1.807) is 13.8 Å². The Bertz CT molecular complexity index is 1030. The first-order valence-corrected chi connectivity index (χ1v) is 11.5. The number of aryl methyl sites for hydroxylation is 1.